The minimum atomic E-state index is -0.960. The van der Waals surface area contributed by atoms with Crippen LogP contribution in [0.4, 0.5) is 0 Å². The molecule has 2 fully saturated rings. The average Bonchev–Trinajstić information content (AvgIpc) is 3.58. The van der Waals surface area contributed by atoms with Gasteiger partial charge in [0.15, 0.2) is 23.0 Å². The molecular formula is C36H40N4O9S. The number of nitrogens with zero attached hydrogens (tertiary/aromatic N) is 3. The number of ether oxygens (including phenoxy) is 5. The second-order valence-corrected chi connectivity index (χ2v) is 14.3. The summed E-state index contributed by atoms with van der Waals surface area (Å²) < 4.78 is 29.8. The smallest absolute Gasteiger partial charge is 0.329 e. The quantitative estimate of drug-likeness (QED) is 0.255. The number of amides is 1. The second kappa shape index (κ2) is 13.0. The summed E-state index contributed by atoms with van der Waals surface area (Å²) >= 11 is 1.40. The molecule has 0 spiro atoms. The number of nitriles is 1. The molecule has 2 aromatic rings. The molecule has 13 nitrogen and oxygen atoms in total. The highest BCUT2D eigenvalue weighted by molar-refractivity contribution is 7.99. The summed E-state index contributed by atoms with van der Waals surface area (Å²) in [4.78, 5) is 43.3. The number of fused-ring (bicyclic) bond motifs is 9. The zero-order valence-electron chi connectivity index (χ0n) is 28.6. The number of carbonyl (C=O) groups is 3. The molecule has 0 aromatic heterocycles. The van der Waals surface area contributed by atoms with Gasteiger partial charge in [0, 0.05) is 60.0 Å². The van der Waals surface area contributed by atoms with E-state index in [0.29, 0.717) is 58.2 Å². The van der Waals surface area contributed by atoms with Gasteiger partial charge >= 0.3 is 11.9 Å². The summed E-state index contributed by atoms with van der Waals surface area (Å²) in [7, 11) is 1.52. The number of aromatic hydroxyl groups is 1. The fourth-order valence-corrected chi connectivity index (χ4v) is 10.1. The van der Waals surface area contributed by atoms with E-state index in [4.69, 9.17) is 23.7 Å². The Labute approximate surface area is 294 Å². The highest BCUT2D eigenvalue weighted by atomic mass is 32.2. The molecule has 5 aliphatic heterocycles. The minimum Gasteiger partial charge on any atom is -0.504 e. The van der Waals surface area contributed by atoms with Crippen LogP contribution >= 0.6 is 11.8 Å². The molecule has 7 rings (SSSR count). The third-order valence-corrected chi connectivity index (χ3v) is 11.9. The average molecular weight is 705 g/mol. The van der Waals surface area contributed by atoms with Crippen molar-refractivity contribution in [3.05, 3.63) is 52.1 Å². The number of carbonyl (C=O) groups excluding carboxylic acids is 3. The van der Waals surface area contributed by atoms with Gasteiger partial charge in [-0.15, -0.1) is 18.3 Å². The van der Waals surface area contributed by atoms with E-state index in [9.17, 15) is 24.8 Å². The number of methoxy groups -OCH3 is 1. The van der Waals surface area contributed by atoms with E-state index >= 15 is 0 Å². The van der Waals surface area contributed by atoms with Crippen LogP contribution in [-0.2, 0) is 25.5 Å². The highest BCUT2D eigenvalue weighted by Crippen LogP contribution is 2.64. The van der Waals surface area contributed by atoms with Gasteiger partial charge in [0.1, 0.15) is 24.4 Å². The predicted octanol–water partition coefficient (Wildman–Crippen LogP) is 3.68. The molecule has 7 atom stereocenters. The summed E-state index contributed by atoms with van der Waals surface area (Å²) in [6, 6.07) is 0.821. The first-order valence-electron chi connectivity index (χ1n) is 16.7. The molecule has 2 aromatic carbocycles. The fourth-order valence-electron chi connectivity index (χ4n) is 8.61. The molecule has 4 bridgehead atoms. The first kappa shape index (κ1) is 34.0. The van der Waals surface area contributed by atoms with Crippen molar-refractivity contribution in [1.29, 1.82) is 5.26 Å². The van der Waals surface area contributed by atoms with Crippen LogP contribution in [-0.4, -0.2) is 89.7 Å². The predicted molar refractivity (Wildman–Crippen MR) is 181 cm³/mol. The number of hydrogen-bond donors (Lipinski definition) is 2. The largest absolute Gasteiger partial charge is 0.504 e. The normalized spacial score (nSPS) is 27.9. The number of esters is 2. The molecule has 2 N–H and O–H groups in total. The lowest BCUT2D eigenvalue weighted by Gasteiger charge is -2.62. The molecule has 14 heteroatoms. The number of hydrogen-bond acceptors (Lipinski definition) is 13. The topological polar surface area (TPSA) is 160 Å². The van der Waals surface area contributed by atoms with E-state index in [2.05, 4.69) is 27.8 Å². The Morgan fingerprint density at radius 3 is 2.64 bits per heavy atom. The third kappa shape index (κ3) is 5.08. The van der Waals surface area contributed by atoms with Gasteiger partial charge in [0.25, 0.3) is 0 Å². The van der Waals surface area contributed by atoms with Gasteiger partial charge in [-0.25, -0.2) is 4.79 Å². The number of aryl methyl sites for hydroxylation is 1. The molecule has 0 aliphatic carbocycles. The van der Waals surface area contributed by atoms with Gasteiger partial charge < -0.3 is 34.1 Å². The van der Waals surface area contributed by atoms with Gasteiger partial charge in [-0.05, 0) is 31.4 Å². The maximum absolute atomic E-state index is 13.6. The van der Waals surface area contributed by atoms with E-state index in [1.54, 1.807) is 19.9 Å². The maximum Gasteiger partial charge on any atom is 0.329 e. The van der Waals surface area contributed by atoms with Crippen molar-refractivity contribution in [3.8, 4) is 34.8 Å². The lowest BCUT2D eigenvalue weighted by molar-refractivity contribution is -0.153. The van der Waals surface area contributed by atoms with Crippen molar-refractivity contribution in [2.24, 2.45) is 0 Å². The standard InChI is InChI=1S/C36H40N4O9S/c1-7-9-39-21-11-19-10-16(3)31(45-6)30(43)25(19)28(39)29-35-27-26(34-33(47-15-48-34)17(4)32(27)49-18(5)41)23(40(29)22(21)12-37)13-46-36(44)20(14-50-35)38-24(42)8-2/h7,10,20-23,28-29,35,43H,1,8-9,11,13-15H2,2-6H3,(H,38,42)/t20?,21-,22-,23+,28-,29?,35+/m0/s1. The second-order valence-electron chi connectivity index (χ2n) is 13.2. The summed E-state index contributed by atoms with van der Waals surface area (Å²) in [5, 5.41) is 25.3. The van der Waals surface area contributed by atoms with E-state index < -0.39 is 47.4 Å². The first-order valence-corrected chi connectivity index (χ1v) is 17.8. The molecule has 5 aliphatic rings. The Bertz CT molecular complexity index is 1840. The number of nitrogens with one attached hydrogen (secondary N) is 1. The highest BCUT2D eigenvalue weighted by Gasteiger charge is 2.61. The number of benzene rings is 2. The van der Waals surface area contributed by atoms with E-state index in [1.807, 2.05) is 13.0 Å². The van der Waals surface area contributed by atoms with Crippen LogP contribution in [0.3, 0.4) is 0 Å². The van der Waals surface area contributed by atoms with Crippen molar-refractivity contribution >= 4 is 29.6 Å². The van der Waals surface area contributed by atoms with Crippen LogP contribution < -0.4 is 24.3 Å². The molecule has 1 amide bonds. The number of phenols is 1. The Kier molecular flexibility index (Phi) is 8.86. The fraction of sp³-hybridized carbons (Fsp3) is 0.500. The number of thioether (sulfide) groups is 1. The lowest BCUT2D eigenvalue weighted by Crippen LogP contribution is -2.70. The Morgan fingerprint density at radius 2 is 1.96 bits per heavy atom. The monoisotopic (exact) mass is 704 g/mol. The van der Waals surface area contributed by atoms with E-state index in [-0.39, 0.29) is 43.3 Å². The first-order chi connectivity index (χ1) is 24.1. The maximum atomic E-state index is 13.6. The lowest BCUT2D eigenvalue weighted by atomic mass is 9.71. The van der Waals surface area contributed by atoms with Gasteiger partial charge in [-0.2, -0.15) is 5.26 Å². The van der Waals surface area contributed by atoms with Crippen LogP contribution in [0.25, 0.3) is 0 Å². The van der Waals surface area contributed by atoms with Crippen LogP contribution in [0, 0.1) is 25.2 Å². The van der Waals surface area contributed by atoms with Crippen molar-refractivity contribution in [2.45, 2.75) is 82.0 Å². The molecule has 264 valence electrons. The summed E-state index contributed by atoms with van der Waals surface area (Å²) in [6.45, 7) is 10.9. The number of cyclic esters (lactones) is 1. The van der Waals surface area contributed by atoms with Gasteiger partial charge in [0.05, 0.1) is 30.5 Å². The zero-order chi connectivity index (χ0) is 35.6. The summed E-state index contributed by atoms with van der Waals surface area (Å²) in [5.74, 6) is 0.266. The van der Waals surface area contributed by atoms with Crippen LogP contribution in [0.1, 0.15) is 71.0 Å². The third-order valence-electron chi connectivity index (χ3n) is 10.5. The van der Waals surface area contributed by atoms with Crippen LogP contribution in [0.15, 0.2) is 18.7 Å². The summed E-state index contributed by atoms with van der Waals surface area (Å²) in [5.41, 5.74) is 4.23. The molecule has 2 unspecified atom stereocenters. The van der Waals surface area contributed by atoms with Crippen molar-refractivity contribution in [1.82, 2.24) is 15.1 Å². The SMILES string of the molecule is C=CCN1[C@H]2c3c(cc(C)c(OC)c3O)C[C@H]1[C@H](C#N)N1C2[C@@H]2SCC(NC(=O)CC)C(=O)OC[C@@H]1c1c3c(c(C)c(OC(C)=O)c12)OCO3. The number of rotatable bonds is 6. The summed E-state index contributed by atoms with van der Waals surface area (Å²) in [6.07, 6.45) is 2.44. The molecule has 2 saturated heterocycles. The molecule has 50 heavy (non-hydrogen) atoms. The van der Waals surface area contributed by atoms with Gasteiger partial charge in [-0.3, -0.25) is 19.4 Å². The number of piperazine rings is 1. The zero-order valence-corrected chi connectivity index (χ0v) is 29.4. The Morgan fingerprint density at radius 1 is 1.20 bits per heavy atom. The Hall–Kier alpha value is -4.45. The van der Waals surface area contributed by atoms with Gasteiger partial charge in [0.2, 0.25) is 12.7 Å². The molecular weight excluding hydrogens is 664 g/mol. The number of phenolic OH excluding ortho intramolecular Hbond substituents is 1. The van der Waals surface area contributed by atoms with Crippen molar-refractivity contribution in [2.75, 3.05) is 32.8 Å². The minimum absolute atomic E-state index is 0.0233. The van der Waals surface area contributed by atoms with E-state index in [0.717, 1.165) is 11.1 Å². The molecule has 0 radical (unpaired) electrons. The van der Waals surface area contributed by atoms with Crippen LogP contribution in [0.2, 0.25) is 0 Å². The van der Waals surface area contributed by atoms with E-state index in [1.165, 1.54) is 25.8 Å². The van der Waals surface area contributed by atoms with Crippen molar-refractivity contribution < 1.29 is 43.2 Å². The van der Waals surface area contributed by atoms with Crippen LogP contribution in [0.5, 0.6) is 28.7 Å². The van der Waals surface area contributed by atoms with Crippen molar-refractivity contribution in [3.63, 3.8) is 0 Å². The van der Waals surface area contributed by atoms with Gasteiger partial charge in [-0.1, -0.05) is 19.1 Å². The molecule has 0 saturated carbocycles. The Balaban J connectivity index is 1.55. The molecule has 5 heterocycles.